The van der Waals surface area contributed by atoms with Crippen LogP contribution in [0, 0.1) is 0 Å². The first-order valence-electron chi connectivity index (χ1n) is 8.39. The van der Waals surface area contributed by atoms with Crippen LogP contribution in [0.4, 0.5) is 5.69 Å². The smallest absolute Gasteiger partial charge is 0.0709 e. The lowest BCUT2D eigenvalue weighted by Crippen LogP contribution is -1.96. The number of rotatable bonds is 4. The first kappa shape index (κ1) is 15.4. The van der Waals surface area contributed by atoms with Crippen LogP contribution in [-0.4, -0.2) is 21.9 Å². The average molecular weight is 328 g/mol. The van der Waals surface area contributed by atoms with Gasteiger partial charge in [-0.2, -0.15) is 0 Å². The summed E-state index contributed by atoms with van der Waals surface area (Å²) in [4.78, 5) is 15.7. The van der Waals surface area contributed by atoms with E-state index in [1.807, 2.05) is 43.7 Å². The summed E-state index contributed by atoms with van der Waals surface area (Å²) in [7, 11) is 0. The quantitative estimate of drug-likeness (QED) is 0.633. The maximum atomic E-state index is 4.70. The standard InChI is InChI=1S/C21H20N4/c1-14(19-5-3-9-22-19)18-13-25-21-8-7-16(11-17(18)21)12-24-15(2)20-6-4-10-23-20/h3-11,13,22-23H,12H2,1-2H3. The largest absolute Gasteiger partial charge is 0.361 e. The van der Waals surface area contributed by atoms with Crippen molar-refractivity contribution in [3.05, 3.63) is 77.4 Å². The average Bonchev–Trinajstić information content (AvgIpc) is 3.40. The van der Waals surface area contributed by atoms with Crippen molar-refractivity contribution in [1.82, 2.24) is 9.97 Å². The van der Waals surface area contributed by atoms with Crippen LogP contribution < -0.4 is 0 Å². The molecular weight excluding hydrogens is 308 g/mol. The molecule has 4 rings (SSSR count). The number of hydrogen-bond acceptors (Lipinski definition) is 2. The highest BCUT2D eigenvalue weighted by Gasteiger charge is 2.16. The summed E-state index contributed by atoms with van der Waals surface area (Å²) in [5, 5.41) is 0. The first-order chi connectivity index (χ1) is 12.2. The Balaban J connectivity index is 1.64. The highest BCUT2D eigenvalue weighted by atomic mass is 14.8. The van der Waals surface area contributed by atoms with Crippen LogP contribution in [-0.2, 0) is 6.54 Å². The van der Waals surface area contributed by atoms with E-state index in [0.29, 0.717) is 6.54 Å². The van der Waals surface area contributed by atoms with Gasteiger partial charge in [-0.3, -0.25) is 9.98 Å². The van der Waals surface area contributed by atoms with Crippen molar-refractivity contribution in [2.75, 3.05) is 0 Å². The lowest BCUT2D eigenvalue weighted by atomic mass is 9.98. The Morgan fingerprint density at radius 2 is 1.76 bits per heavy atom. The summed E-state index contributed by atoms with van der Waals surface area (Å²) in [5.41, 5.74) is 8.96. The van der Waals surface area contributed by atoms with Gasteiger partial charge in [0.05, 0.1) is 23.6 Å². The number of H-pyrrole nitrogens is 2. The van der Waals surface area contributed by atoms with Gasteiger partial charge >= 0.3 is 0 Å². The lowest BCUT2D eigenvalue weighted by Gasteiger charge is -2.07. The molecule has 0 radical (unpaired) electrons. The second-order valence-corrected chi connectivity index (χ2v) is 6.22. The van der Waals surface area contributed by atoms with Gasteiger partial charge in [0.15, 0.2) is 0 Å². The van der Waals surface area contributed by atoms with Gasteiger partial charge in [0.2, 0.25) is 0 Å². The number of benzene rings is 1. The third-order valence-electron chi connectivity index (χ3n) is 4.58. The third-order valence-corrected chi connectivity index (χ3v) is 4.58. The molecule has 124 valence electrons. The summed E-state index contributed by atoms with van der Waals surface area (Å²) in [6.07, 6.45) is 5.82. The zero-order valence-corrected chi connectivity index (χ0v) is 14.4. The third kappa shape index (κ3) is 2.98. The van der Waals surface area contributed by atoms with Gasteiger partial charge in [-0.25, -0.2) is 0 Å². The monoisotopic (exact) mass is 328 g/mol. The van der Waals surface area contributed by atoms with E-state index in [9.17, 15) is 0 Å². The Kier molecular flexibility index (Phi) is 3.94. The van der Waals surface area contributed by atoms with Crippen LogP contribution in [0.15, 0.2) is 64.8 Å². The van der Waals surface area contributed by atoms with Crippen molar-refractivity contribution in [2.24, 2.45) is 9.98 Å². The predicted octanol–water partition coefficient (Wildman–Crippen LogP) is 5.00. The number of aliphatic imine (C=N–C) groups is 2. The fraction of sp³-hybridized carbons (Fsp3) is 0.143. The summed E-state index contributed by atoms with van der Waals surface area (Å²) in [5.74, 6) is 0. The maximum absolute atomic E-state index is 4.70. The van der Waals surface area contributed by atoms with Crippen molar-refractivity contribution in [3.63, 3.8) is 0 Å². The van der Waals surface area contributed by atoms with E-state index >= 15 is 0 Å². The summed E-state index contributed by atoms with van der Waals surface area (Å²) < 4.78 is 0. The summed E-state index contributed by atoms with van der Waals surface area (Å²) >= 11 is 0. The number of nitrogens with one attached hydrogen (secondary N) is 2. The van der Waals surface area contributed by atoms with Gasteiger partial charge in [0, 0.05) is 35.4 Å². The molecule has 4 nitrogen and oxygen atoms in total. The molecule has 3 heterocycles. The summed E-state index contributed by atoms with van der Waals surface area (Å²) in [6, 6.07) is 14.5. The molecule has 0 fully saturated rings. The molecule has 0 bridgehead atoms. The number of aromatic nitrogens is 2. The number of hydrogen-bond donors (Lipinski definition) is 2. The molecule has 0 aliphatic carbocycles. The minimum atomic E-state index is 0.660. The Labute approximate surface area is 147 Å². The highest BCUT2D eigenvalue weighted by molar-refractivity contribution is 6.23. The molecule has 0 saturated heterocycles. The van der Waals surface area contributed by atoms with Crippen LogP contribution >= 0.6 is 0 Å². The first-order valence-corrected chi connectivity index (χ1v) is 8.39. The highest BCUT2D eigenvalue weighted by Crippen LogP contribution is 2.36. The molecule has 0 unspecified atom stereocenters. The van der Waals surface area contributed by atoms with Crippen LogP contribution in [0.3, 0.4) is 0 Å². The van der Waals surface area contributed by atoms with E-state index in [1.54, 1.807) is 0 Å². The van der Waals surface area contributed by atoms with Crippen LogP contribution in [0.2, 0.25) is 0 Å². The number of nitrogens with zero attached hydrogens (tertiary/aromatic N) is 2. The Bertz CT molecular complexity index is 971. The fourth-order valence-corrected chi connectivity index (χ4v) is 3.07. The van der Waals surface area contributed by atoms with Crippen molar-refractivity contribution in [2.45, 2.75) is 20.4 Å². The molecule has 0 amide bonds. The lowest BCUT2D eigenvalue weighted by molar-refractivity contribution is 1.06. The van der Waals surface area contributed by atoms with Crippen molar-refractivity contribution in [1.29, 1.82) is 0 Å². The molecular formula is C21H20N4. The van der Waals surface area contributed by atoms with E-state index in [-0.39, 0.29) is 0 Å². The van der Waals surface area contributed by atoms with Crippen LogP contribution in [0.25, 0.3) is 11.1 Å². The minimum absolute atomic E-state index is 0.660. The SMILES string of the molecule is CC(=NCc1ccc2c(c1)C(=C(C)c1ccc[nH]1)C=N2)c1ccc[nH]1. The van der Waals surface area contributed by atoms with Crippen LogP contribution in [0.5, 0.6) is 0 Å². The predicted molar refractivity (Wildman–Crippen MR) is 105 cm³/mol. The van der Waals surface area contributed by atoms with Gasteiger partial charge in [0.25, 0.3) is 0 Å². The molecule has 1 aliphatic rings. The van der Waals surface area contributed by atoms with Gasteiger partial charge in [0.1, 0.15) is 0 Å². The van der Waals surface area contributed by atoms with Gasteiger partial charge < -0.3 is 9.97 Å². The Morgan fingerprint density at radius 3 is 2.48 bits per heavy atom. The van der Waals surface area contributed by atoms with E-state index in [1.165, 1.54) is 22.3 Å². The minimum Gasteiger partial charge on any atom is -0.361 e. The number of fused-ring (bicyclic) bond motifs is 1. The van der Waals surface area contributed by atoms with Gasteiger partial charge in [-0.15, -0.1) is 0 Å². The second-order valence-electron chi connectivity index (χ2n) is 6.22. The molecule has 0 spiro atoms. The van der Waals surface area contributed by atoms with E-state index in [0.717, 1.165) is 22.8 Å². The maximum Gasteiger partial charge on any atom is 0.0709 e. The van der Waals surface area contributed by atoms with Crippen molar-refractivity contribution < 1.29 is 0 Å². The molecule has 1 aliphatic heterocycles. The van der Waals surface area contributed by atoms with Gasteiger partial charge in [-0.05, 0) is 61.4 Å². The second kappa shape index (κ2) is 6.40. The molecule has 4 heteroatoms. The zero-order valence-electron chi connectivity index (χ0n) is 14.4. The fourth-order valence-electron chi connectivity index (χ4n) is 3.07. The molecule has 2 N–H and O–H groups in total. The Morgan fingerprint density at radius 1 is 1.00 bits per heavy atom. The van der Waals surface area contributed by atoms with E-state index in [2.05, 4.69) is 46.1 Å². The normalized spacial score (nSPS) is 15.5. The summed E-state index contributed by atoms with van der Waals surface area (Å²) in [6.45, 7) is 4.82. The van der Waals surface area contributed by atoms with Gasteiger partial charge in [-0.1, -0.05) is 6.07 Å². The van der Waals surface area contributed by atoms with Crippen molar-refractivity contribution >= 4 is 28.8 Å². The van der Waals surface area contributed by atoms with Crippen molar-refractivity contribution in [3.8, 4) is 0 Å². The molecule has 0 saturated carbocycles. The zero-order chi connectivity index (χ0) is 17.2. The Hall–Kier alpha value is -3.14. The van der Waals surface area contributed by atoms with Crippen LogP contribution in [0.1, 0.15) is 36.4 Å². The molecule has 25 heavy (non-hydrogen) atoms. The van der Waals surface area contributed by atoms with E-state index < -0.39 is 0 Å². The van der Waals surface area contributed by atoms with E-state index in [4.69, 9.17) is 4.99 Å². The topological polar surface area (TPSA) is 56.3 Å². The molecule has 3 aromatic rings. The molecule has 0 atom stereocenters. The molecule has 2 aromatic heterocycles. The number of allylic oxidation sites excluding steroid dienone is 2. The number of aromatic amines is 2. The molecule has 1 aromatic carbocycles.